The van der Waals surface area contributed by atoms with Crippen LogP contribution in [0.15, 0.2) is 12.1 Å². The molecule has 0 spiro atoms. The van der Waals surface area contributed by atoms with E-state index in [1.54, 1.807) is 7.11 Å². The lowest BCUT2D eigenvalue weighted by Crippen LogP contribution is -2.34. The first-order chi connectivity index (χ1) is 8.78. The largest absolute Gasteiger partial charge is 0.504 e. The third-order valence-electron chi connectivity index (χ3n) is 4.10. The third-order valence-corrected chi connectivity index (χ3v) is 4.10. The molecule has 0 aromatic heterocycles. The fraction of sp³-hybridized carbons (Fsp3) is 0.625. The molecule has 1 fully saturated rings. The van der Waals surface area contributed by atoms with Gasteiger partial charge in [-0.05, 0) is 49.4 Å². The minimum Gasteiger partial charge on any atom is -0.504 e. The Bertz CT molecular complexity index is 468. The quantitative estimate of drug-likeness (QED) is 0.860. The molecule has 3 heteroatoms. The minimum atomic E-state index is -0.107. The predicted molar refractivity (Wildman–Crippen MR) is 77.9 cm³/mol. The van der Waals surface area contributed by atoms with E-state index in [2.05, 4.69) is 39.1 Å². The summed E-state index contributed by atoms with van der Waals surface area (Å²) in [6.45, 7) is 9.66. The van der Waals surface area contributed by atoms with Crippen molar-refractivity contribution in [1.82, 2.24) is 5.32 Å². The number of nitrogens with one attached hydrogen (secondary N) is 1. The van der Waals surface area contributed by atoms with Gasteiger partial charge >= 0.3 is 0 Å². The van der Waals surface area contributed by atoms with Crippen molar-refractivity contribution in [3.63, 3.8) is 0 Å². The van der Waals surface area contributed by atoms with Gasteiger partial charge < -0.3 is 15.2 Å². The summed E-state index contributed by atoms with van der Waals surface area (Å²) in [6.07, 6.45) is 2.22. The van der Waals surface area contributed by atoms with E-state index in [-0.39, 0.29) is 16.7 Å². The number of methoxy groups -OCH3 is 1. The molecule has 2 N–H and O–H groups in total. The second-order valence-electron chi connectivity index (χ2n) is 6.69. The lowest BCUT2D eigenvalue weighted by Gasteiger charge is -2.30. The first kappa shape index (κ1) is 14.2. The van der Waals surface area contributed by atoms with Gasteiger partial charge in [0.25, 0.3) is 0 Å². The van der Waals surface area contributed by atoms with E-state index < -0.39 is 0 Å². The second kappa shape index (κ2) is 4.71. The van der Waals surface area contributed by atoms with Crippen LogP contribution in [0, 0.1) is 0 Å². The topological polar surface area (TPSA) is 41.5 Å². The smallest absolute Gasteiger partial charge is 0.165 e. The molecular formula is C16H25NO2. The zero-order valence-corrected chi connectivity index (χ0v) is 12.6. The number of ether oxygens (including phenoxy) is 1. The average molecular weight is 263 g/mol. The predicted octanol–water partition coefficient (Wildman–Crippen LogP) is 3.30. The van der Waals surface area contributed by atoms with Gasteiger partial charge in [-0.1, -0.05) is 20.8 Å². The molecule has 3 nitrogen and oxygen atoms in total. The van der Waals surface area contributed by atoms with Gasteiger partial charge in [0, 0.05) is 11.1 Å². The zero-order valence-electron chi connectivity index (χ0n) is 12.6. The lowest BCUT2D eigenvalue weighted by atomic mass is 9.81. The van der Waals surface area contributed by atoms with Gasteiger partial charge in [0.15, 0.2) is 11.5 Å². The Morgan fingerprint density at radius 2 is 2.00 bits per heavy atom. The maximum atomic E-state index is 10.3. The summed E-state index contributed by atoms with van der Waals surface area (Å²) in [5.74, 6) is 0.838. The SMILES string of the molecule is COc1c(O)cc(C(C)(C)C)cc1C1(C)CCCN1. The van der Waals surface area contributed by atoms with Crippen molar-refractivity contribution in [2.75, 3.05) is 13.7 Å². The average Bonchev–Trinajstić information content (AvgIpc) is 2.75. The highest BCUT2D eigenvalue weighted by Crippen LogP contribution is 2.43. The molecule has 1 aromatic carbocycles. The first-order valence-electron chi connectivity index (χ1n) is 6.95. The van der Waals surface area contributed by atoms with Crippen molar-refractivity contribution in [2.24, 2.45) is 0 Å². The summed E-state index contributed by atoms with van der Waals surface area (Å²) in [5.41, 5.74) is 2.10. The normalized spacial score (nSPS) is 23.6. The molecule has 2 rings (SSSR count). The molecule has 0 aliphatic carbocycles. The molecule has 1 aromatic rings. The van der Waals surface area contributed by atoms with Crippen molar-refractivity contribution < 1.29 is 9.84 Å². The molecule has 1 atom stereocenters. The van der Waals surface area contributed by atoms with Gasteiger partial charge in [0.05, 0.1) is 7.11 Å². The summed E-state index contributed by atoms with van der Waals surface area (Å²) in [4.78, 5) is 0. The summed E-state index contributed by atoms with van der Waals surface area (Å²) < 4.78 is 5.43. The molecule has 1 saturated heterocycles. The van der Waals surface area contributed by atoms with Gasteiger partial charge in [0.2, 0.25) is 0 Å². The Morgan fingerprint density at radius 3 is 2.47 bits per heavy atom. The molecule has 0 bridgehead atoms. The van der Waals surface area contributed by atoms with Crippen LogP contribution in [0.3, 0.4) is 0 Å². The number of hydrogen-bond donors (Lipinski definition) is 2. The summed E-state index contributed by atoms with van der Waals surface area (Å²) in [6, 6.07) is 4.00. The van der Waals surface area contributed by atoms with Crippen LogP contribution in [-0.4, -0.2) is 18.8 Å². The highest BCUT2D eigenvalue weighted by molar-refractivity contribution is 5.53. The molecule has 1 unspecified atom stereocenters. The Hall–Kier alpha value is -1.22. The van der Waals surface area contributed by atoms with E-state index in [9.17, 15) is 5.11 Å². The summed E-state index contributed by atoms with van der Waals surface area (Å²) in [5, 5.41) is 13.8. The van der Waals surface area contributed by atoms with Gasteiger partial charge in [-0.15, -0.1) is 0 Å². The van der Waals surface area contributed by atoms with Crippen LogP contribution in [0.1, 0.15) is 51.7 Å². The van der Waals surface area contributed by atoms with Crippen LogP contribution in [0.4, 0.5) is 0 Å². The molecule has 1 aliphatic heterocycles. The van der Waals surface area contributed by atoms with Crippen LogP contribution in [-0.2, 0) is 11.0 Å². The van der Waals surface area contributed by atoms with E-state index >= 15 is 0 Å². The molecule has 106 valence electrons. The third kappa shape index (κ3) is 2.57. The van der Waals surface area contributed by atoms with Gasteiger partial charge in [-0.3, -0.25) is 0 Å². The number of aromatic hydroxyl groups is 1. The Morgan fingerprint density at radius 1 is 1.32 bits per heavy atom. The molecular weight excluding hydrogens is 238 g/mol. The Kier molecular flexibility index (Phi) is 3.52. The maximum Gasteiger partial charge on any atom is 0.165 e. The highest BCUT2D eigenvalue weighted by Gasteiger charge is 2.35. The number of hydrogen-bond acceptors (Lipinski definition) is 3. The molecule has 1 heterocycles. The van der Waals surface area contributed by atoms with Crippen LogP contribution in [0.5, 0.6) is 11.5 Å². The summed E-state index contributed by atoms with van der Waals surface area (Å²) >= 11 is 0. The second-order valence-corrected chi connectivity index (χ2v) is 6.69. The standard InChI is InChI=1S/C16H25NO2/c1-15(2,3)11-9-12(14(19-5)13(18)10-11)16(4)7-6-8-17-16/h9-10,17-18H,6-8H2,1-5H3. The maximum absolute atomic E-state index is 10.3. The number of phenols is 1. The van der Waals surface area contributed by atoms with Crippen molar-refractivity contribution in [3.05, 3.63) is 23.3 Å². The highest BCUT2D eigenvalue weighted by atomic mass is 16.5. The van der Waals surface area contributed by atoms with Crippen molar-refractivity contribution >= 4 is 0 Å². The molecule has 0 saturated carbocycles. The fourth-order valence-corrected chi connectivity index (χ4v) is 2.80. The minimum absolute atomic E-state index is 0.00741. The van der Waals surface area contributed by atoms with Crippen LogP contribution < -0.4 is 10.1 Å². The number of benzene rings is 1. The Balaban J connectivity index is 2.60. The monoisotopic (exact) mass is 263 g/mol. The van der Waals surface area contributed by atoms with Crippen molar-refractivity contribution in [3.8, 4) is 11.5 Å². The summed E-state index contributed by atoms with van der Waals surface area (Å²) in [7, 11) is 1.62. The lowest BCUT2D eigenvalue weighted by molar-refractivity contribution is 0.343. The molecule has 0 amide bonds. The first-order valence-corrected chi connectivity index (χ1v) is 6.95. The van der Waals surface area contributed by atoms with Crippen LogP contribution in [0.2, 0.25) is 0 Å². The molecule has 0 radical (unpaired) electrons. The van der Waals surface area contributed by atoms with Gasteiger partial charge in [-0.25, -0.2) is 0 Å². The van der Waals surface area contributed by atoms with E-state index in [1.165, 1.54) is 0 Å². The van der Waals surface area contributed by atoms with Crippen LogP contribution in [0.25, 0.3) is 0 Å². The van der Waals surface area contributed by atoms with Crippen molar-refractivity contribution in [1.29, 1.82) is 0 Å². The van der Waals surface area contributed by atoms with Crippen LogP contribution >= 0.6 is 0 Å². The van der Waals surface area contributed by atoms with E-state index in [0.29, 0.717) is 5.75 Å². The molecule has 19 heavy (non-hydrogen) atoms. The van der Waals surface area contributed by atoms with Crippen molar-refractivity contribution in [2.45, 2.75) is 51.5 Å². The van der Waals surface area contributed by atoms with E-state index in [1.807, 2.05) is 6.07 Å². The van der Waals surface area contributed by atoms with Gasteiger partial charge in [0.1, 0.15) is 0 Å². The number of rotatable bonds is 2. The van der Waals surface area contributed by atoms with E-state index in [4.69, 9.17) is 4.74 Å². The Labute approximate surface area is 116 Å². The van der Waals surface area contributed by atoms with Gasteiger partial charge in [-0.2, -0.15) is 0 Å². The number of phenolic OH excluding ortho intramolecular Hbond substituents is 1. The molecule has 1 aliphatic rings. The fourth-order valence-electron chi connectivity index (χ4n) is 2.80. The zero-order chi connectivity index (χ0) is 14.3. The van der Waals surface area contributed by atoms with E-state index in [0.717, 1.165) is 30.5 Å².